The zero-order valence-corrected chi connectivity index (χ0v) is 14.0. The maximum absolute atomic E-state index is 11.1. The Labute approximate surface area is 130 Å². The summed E-state index contributed by atoms with van der Waals surface area (Å²) in [7, 11) is 0. The van der Waals surface area contributed by atoms with Crippen LogP contribution in [0.25, 0.3) is 0 Å². The van der Waals surface area contributed by atoms with Crippen LogP contribution in [0.15, 0.2) is 0 Å². The van der Waals surface area contributed by atoms with Crippen LogP contribution in [-0.2, 0) is 9.59 Å². The Hall–Kier alpha value is -0.860. The van der Waals surface area contributed by atoms with Gasteiger partial charge in [-0.3, -0.25) is 9.59 Å². The average molecular weight is 298 g/mol. The quantitative estimate of drug-likeness (QED) is 0.327. The molecule has 1 N–H and O–H groups in total. The van der Waals surface area contributed by atoms with Crippen molar-refractivity contribution in [2.75, 3.05) is 0 Å². The van der Waals surface area contributed by atoms with Crippen LogP contribution in [0.1, 0.15) is 97.3 Å². The number of aliphatic carboxylic acids is 1. The number of Topliss-reactive ketones (excluding diaryl/α,β-unsaturated/α-hetero) is 1. The highest BCUT2D eigenvalue weighted by Gasteiger charge is 2.21. The lowest BCUT2D eigenvalue weighted by molar-refractivity contribution is -0.146. The van der Waals surface area contributed by atoms with Gasteiger partial charge in [-0.2, -0.15) is 0 Å². The lowest BCUT2D eigenvalue weighted by Crippen LogP contribution is -2.21. The van der Waals surface area contributed by atoms with Gasteiger partial charge in [0.05, 0.1) is 0 Å². The van der Waals surface area contributed by atoms with E-state index in [4.69, 9.17) is 5.11 Å². The van der Waals surface area contributed by atoms with Gasteiger partial charge in [-0.1, -0.05) is 84.0 Å². The monoisotopic (exact) mass is 298 g/mol. The topological polar surface area (TPSA) is 54.4 Å². The molecular weight excluding hydrogens is 264 g/mol. The molecule has 0 bridgehead atoms. The van der Waals surface area contributed by atoms with E-state index in [1.54, 1.807) is 0 Å². The Morgan fingerprint density at radius 2 is 1.14 bits per heavy atom. The molecule has 0 aromatic rings. The molecule has 124 valence electrons. The number of hydrogen-bond donors (Lipinski definition) is 1. The molecule has 0 amide bonds. The number of ketones is 1. The minimum Gasteiger partial charge on any atom is -0.481 e. The Bertz CT molecular complexity index is 260. The van der Waals surface area contributed by atoms with Crippen LogP contribution in [0, 0.1) is 5.92 Å². The van der Waals surface area contributed by atoms with E-state index in [0.29, 0.717) is 6.42 Å². The van der Waals surface area contributed by atoms with Crippen LogP contribution >= 0.6 is 0 Å². The minimum absolute atomic E-state index is 0.217. The summed E-state index contributed by atoms with van der Waals surface area (Å²) in [4.78, 5) is 22.0. The summed E-state index contributed by atoms with van der Waals surface area (Å²) in [5, 5.41) is 8.90. The van der Waals surface area contributed by atoms with Gasteiger partial charge < -0.3 is 5.11 Å². The maximum Gasteiger partial charge on any atom is 0.314 e. The molecule has 0 heterocycles. The zero-order chi connectivity index (χ0) is 15.9. The lowest BCUT2D eigenvalue weighted by atomic mass is 9.97. The zero-order valence-electron chi connectivity index (χ0n) is 14.0. The van der Waals surface area contributed by atoms with Crippen LogP contribution in [0.3, 0.4) is 0 Å². The smallest absolute Gasteiger partial charge is 0.314 e. The fraction of sp³-hybridized carbons (Fsp3) is 0.889. The van der Waals surface area contributed by atoms with Gasteiger partial charge in [0.25, 0.3) is 0 Å². The maximum atomic E-state index is 11.1. The molecule has 0 rings (SSSR count). The number of carbonyl (C=O) groups is 2. The van der Waals surface area contributed by atoms with Crippen molar-refractivity contribution in [1.29, 1.82) is 0 Å². The molecule has 3 nitrogen and oxygen atoms in total. The second kappa shape index (κ2) is 14.1. The molecule has 0 saturated heterocycles. The largest absolute Gasteiger partial charge is 0.481 e. The first-order chi connectivity index (χ1) is 10.1. The van der Waals surface area contributed by atoms with Crippen LogP contribution in [0.4, 0.5) is 0 Å². The van der Waals surface area contributed by atoms with Gasteiger partial charge in [-0.05, 0) is 13.3 Å². The van der Waals surface area contributed by atoms with Gasteiger partial charge in [0.1, 0.15) is 11.7 Å². The first kappa shape index (κ1) is 20.1. The molecular formula is C18H34O3. The standard InChI is InChI=1S/C18H34O3/c1-3-4-5-6-7-8-9-10-11-12-13-14-15-17(16(2)19)18(20)21/h17H,3-15H2,1-2H3,(H,20,21). The van der Waals surface area contributed by atoms with Crippen molar-refractivity contribution in [3.05, 3.63) is 0 Å². The predicted octanol–water partition coefficient (Wildman–Crippen LogP) is 5.37. The predicted molar refractivity (Wildman–Crippen MR) is 87.5 cm³/mol. The van der Waals surface area contributed by atoms with Crippen molar-refractivity contribution in [1.82, 2.24) is 0 Å². The summed E-state index contributed by atoms with van der Waals surface area (Å²) in [6, 6.07) is 0. The van der Waals surface area contributed by atoms with Gasteiger partial charge in [-0.25, -0.2) is 0 Å². The van der Waals surface area contributed by atoms with Gasteiger partial charge in [0, 0.05) is 0 Å². The van der Waals surface area contributed by atoms with E-state index < -0.39 is 11.9 Å². The van der Waals surface area contributed by atoms with E-state index in [-0.39, 0.29) is 5.78 Å². The Balaban J connectivity index is 3.29. The summed E-state index contributed by atoms with van der Waals surface area (Å²) in [5.74, 6) is -1.97. The SMILES string of the molecule is CCCCCCCCCCCCCCC(C(C)=O)C(=O)O. The highest BCUT2D eigenvalue weighted by molar-refractivity contribution is 5.96. The molecule has 0 aliphatic heterocycles. The van der Waals surface area contributed by atoms with E-state index in [1.807, 2.05) is 0 Å². The minimum atomic E-state index is -0.967. The number of carbonyl (C=O) groups excluding carboxylic acids is 1. The third kappa shape index (κ3) is 12.6. The summed E-state index contributed by atoms with van der Waals surface area (Å²) in [6.45, 7) is 3.62. The van der Waals surface area contributed by atoms with Gasteiger partial charge in [-0.15, -0.1) is 0 Å². The molecule has 0 spiro atoms. The van der Waals surface area contributed by atoms with Crippen molar-refractivity contribution >= 4 is 11.8 Å². The van der Waals surface area contributed by atoms with E-state index >= 15 is 0 Å². The van der Waals surface area contributed by atoms with Crippen LogP contribution in [0.2, 0.25) is 0 Å². The third-order valence-electron chi connectivity index (χ3n) is 4.14. The van der Waals surface area contributed by atoms with Crippen molar-refractivity contribution in [3.63, 3.8) is 0 Å². The summed E-state index contributed by atoms with van der Waals surface area (Å²) >= 11 is 0. The van der Waals surface area contributed by atoms with E-state index in [9.17, 15) is 9.59 Å². The van der Waals surface area contributed by atoms with Crippen LogP contribution in [-0.4, -0.2) is 16.9 Å². The molecule has 0 fully saturated rings. The number of carboxylic acids is 1. The fourth-order valence-electron chi connectivity index (χ4n) is 2.69. The number of carboxylic acid groups (broad SMARTS) is 1. The van der Waals surface area contributed by atoms with Crippen molar-refractivity contribution in [2.24, 2.45) is 5.92 Å². The van der Waals surface area contributed by atoms with Crippen molar-refractivity contribution < 1.29 is 14.7 Å². The Kier molecular flexibility index (Phi) is 13.5. The summed E-state index contributed by atoms with van der Waals surface area (Å²) in [6.07, 6.45) is 15.6. The lowest BCUT2D eigenvalue weighted by Gasteiger charge is -2.08. The average Bonchev–Trinajstić information content (AvgIpc) is 2.43. The van der Waals surface area contributed by atoms with E-state index in [2.05, 4.69) is 6.92 Å². The van der Waals surface area contributed by atoms with Gasteiger partial charge >= 0.3 is 5.97 Å². The fourth-order valence-corrected chi connectivity index (χ4v) is 2.69. The highest BCUT2D eigenvalue weighted by atomic mass is 16.4. The highest BCUT2D eigenvalue weighted by Crippen LogP contribution is 2.15. The molecule has 0 aliphatic carbocycles. The molecule has 3 heteroatoms. The third-order valence-corrected chi connectivity index (χ3v) is 4.14. The number of rotatable bonds is 15. The number of unbranched alkanes of at least 4 members (excludes halogenated alkanes) is 11. The first-order valence-corrected chi connectivity index (χ1v) is 8.82. The van der Waals surface area contributed by atoms with E-state index in [1.165, 1.54) is 71.1 Å². The normalized spacial score (nSPS) is 12.3. The molecule has 1 atom stereocenters. The Morgan fingerprint density at radius 1 is 0.762 bits per heavy atom. The summed E-state index contributed by atoms with van der Waals surface area (Å²) in [5.41, 5.74) is 0. The molecule has 0 aromatic carbocycles. The number of hydrogen-bond acceptors (Lipinski definition) is 2. The van der Waals surface area contributed by atoms with Crippen molar-refractivity contribution in [2.45, 2.75) is 97.3 Å². The second-order valence-corrected chi connectivity index (χ2v) is 6.18. The molecule has 21 heavy (non-hydrogen) atoms. The van der Waals surface area contributed by atoms with E-state index in [0.717, 1.165) is 12.8 Å². The molecule has 0 saturated carbocycles. The van der Waals surface area contributed by atoms with Crippen LogP contribution in [0.5, 0.6) is 0 Å². The summed E-state index contributed by atoms with van der Waals surface area (Å²) < 4.78 is 0. The first-order valence-electron chi connectivity index (χ1n) is 8.82. The Morgan fingerprint density at radius 3 is 1.48 bits per heavy atom. The second-order valence-electron chi connectivity index (χ2n) is 6.18. The van der Waals surface area contributed by atoms with Gasteiger partial charge in [0.2, 0.25) is 0 Å². The van der Waals surface area contributed by atoms with Crippen LogP contribution < -0.4 is 0 Å². The van der Waals surface area contributed by atoms with Crippen molar-refractivity contribution in [3.8, 4) is 0 Å². The molecule has 0 aliphatic rings. The molecule has 0 radical (unpaired) electrons. The van der Waals surface area contributed by atoms with Gasteiger partial charge in [0.15, 0.2) is 0 Å². The molecule has 1 unspecified atom stereocenters. The molecule has 0 aromatic heterocycles.